The van der Waals surface area contributed by atoms with Crippen LogP contribution < -0.4 is 5.32 Å². The van der Waals surface area contributed by atoms with E-state index in [0.717, 1.165) is 34.9 Å². The van der Waals surface area contributed by atoms with Crippen LogP contribution in [-0.4, -0.2) is 10.9 Å². The van der Waals surface area contributed by atoms with Gasteiger partial charge in [0.15, 0.2) is 0 Å². The van der Waals surface area contributed by atoms with Crippen molar-refractivity contribution in [2.24, 2.45) is 0 Å². The third-order valence-corrected chi connectivity index (χ3v) is 5.06. The molecule has 3 aromatic rings. The predicted molar refractivity (Wildman–Crippen MR) is 92.5 cm³/mol. The monoisotopic (exact) mass is 324 g/mol. The third-order valence-electron chi connectivity index (χ3n) is 4.69. The minimum absolute atomic E-state index is 0.0853. The molecule has 4 heteroatoms. The van der Waals surface area contributed by atoms with Gasteiger partial charge in [0.25, 0.3) is 0 Å². The number of aromatic amines is 1. The number of hydrogen-bond donors (Lipinski definition) is 2. The number of para-hydroxylation sites is 1. The normalized spacial score (nSPS) is 15.5. The lowest BCUT2D eigenvalue weighted by Crippen LogP contribution is -2.34. The highest BCUT2D eigenvalue weighted by Gasteiger charge is 2.52. The minimum Gasteiger partial charge on any atom is -0.361 e. The predicted octanol–water partition coefficient (Wildman–Crippen LogP) is 4.17. The summed E-state index contributed by atoms with van der Waals surface area (Å²) in [4.78, 5) is 16.1. The number of nitrogens with one attached hydrogen (secondary N) is 2. The van der Waals surface area contributed by atoms with E-state index in [1.807, 2.05) is 48.7 Å². The van der Waals surface area contributed by atoms with Crippen LogP contribution >= 0.6 is 11.6 Å². The van der Waals surface area contributed by atoms with Crippen molar-refractivity contribution in [3.8, 4) is 0 Å². The fourth-order valence-electron chi connectivity index (χ4n) is 3.20. The zero-order chi connectivity index (χ0) is 15.9. The number of benzene rings is 2. The van der Waals surface area contributed by atoms with E-state index in [-0.39, 0.29) is 11.3 Å². The SMILES string of the molecule is O=C(NCc1ccccc1Cl)C1(c2c[nH]c3ccccc23)CC1. The first-order chi connectivity index (χ1) is 11.2. The summed E-state index contributed by atoms with van der Waals surface area (Å²) in [5, 5.41) is 4.88. The van der Waals surface area contributed by atoms with Gasteiger partial charge in [-0.05, 0) is 36.1 Å². The van der Waals surface area contributed by atoms with E-state index in [2.05, 4.69) is 16.4 Å². The first-order valence-corrected chi connectivity index (χ1v) is 8.17. The van der Waals surface area contributed by atoms with Crippen molar-refractivity contribution >= 4 is 28.4 Å². The average molecular weight is 325 g/mol. The van der Waals surface area contributed by atoms with E-state index in [0.29, 0.717) is 11.6 Å². The average Bonchev–Trinajstić information content (AvgIpc) is 3.27. The molecule has 0 aliphatic heterocycles. The van der Waals surface area contributed by atoms with E-state index in [4.69, 9.17) is 11.6 Å². The Bertz CT molecular complexity index is 880. The molecule has 1 heterocycles. The zero-order valence-electron chi connectivity index (χ0n) is 12.6. The standard InChI is InChI=1S/C19H17ClN2O/c20-16-7-3-1-5-13(16)11-22-18(23)19(9-10-19)15-12-21-17-8-4-2-6-14(15)17/h1-8,12,21H,9-11H2,(H,22,23). The Hall–Kier alpha value is -2.26. The van der Waals surface area contributed by atoms with Crippen molar-refractivity contribution in [2.45, 2.75) is 24.8 Å². The van der Waals surface area contributed by atoms with Crippen LogP contribution in [0.3, 0.4) is 0 Å². The van der Waals surface area contributed by atoms with Gasteiger partial charge in [0.2, 0.25) is 5.91 Å². The van der Waals surface area contributed by atoms with Gasteiger partial charge in [0, 0.05) is 28.7 Å². The second-order valence-corrected chi connectivity index (χ2v) is 6.51. The largest absolute Gasteiger partial charge is 0.361 e. The van der Waals surface area contributed by atoms with E-state index < -0.39 is 0 Å². The van der Waals surface area contributed by atoms with Crippen LogP contribution in [0.1, 0.15) is 24.0 Å². The summed E-state index contributed by atoms with van der Waals surface area (Å²) in [5.41, 5.74) is 2.73. The Balaban J connectivity index is 1.57. The van der Waals surface area contributed by atoms with Gasteiger partial charge < -0.3 is 10.3 Å². The molecule has 0 spiro atoms. The lowest BCUT2D eigenvalue weighted by atomic mass is 9.94. The molecule has 1 aliphatic carbocycles. The number of amides is 1. The summed E-state index contributed by atoms with van der Waals surface area (Å²) in [6.07, 6.45) is 3.76. The first-order valence-electron chi connectivity index (χ1n) is 7.79. The van der Waals surface area contributed by atoms with Crippen molar-refractivity contribution in [1.29, 1.82) is 0 Å². The summed E-state index contributed by atoms with van der Waals surface area (Å²) in [5.74, 6) is 0.0853. The van der Waals surface area contributed by atoms with E-state index in [1.165, 1.54) is 0 Å². The summed E-state index contributed by atoms with van der Waals surface area (Å²) in [6, 6.07) is 15.7. The van der Waals surface area contributed by atoms with Crippen LogP contribution in [0.2, 0.25) is 5.02 Å². The molecule has 1 saturated carbocycles. The fourth-order valence-corrected chi connectivity index (χ4v) is 3.40. The van der Waals surface area contributed by atoms with E-state index in [9.17, 15) is 4.79 Å². The molecule has 1 amide bonds. The number of H-pyrrole nitrogens is 1. The number of halogens is 1. The molecule has 0 atom stereocenters. The molecule has 0 radical (unpaired) electrons. The molecule has 0 bridgehead atoms. The maximum Gasteiger partial charge on any atom is 0.231 e. The highest BCUT2D eigenvalue weighted by atomic mass is 35.5. The smallest absolute Gasteiger partial charge is 0.231 e. The van der Waals surface area contributed by atoms with E-state index >= 15 is 0 Å². The van der Waals surface area contributed by atoms with Gasteiger partial charge in [-0.3, -0.25) is 4.79 Å². The Morgan fingerprint density at radius 3 is 2.65 bits per heavy atom. The van der Waals surface area contributed by atoms with Crippen molar-refractivity contribution < 1.29 is 4.79 Å². The molecule has 1 aromatic heterocycles. The topological polar surface area (TPSA) is 44.9 Å². The highest BCUT2D eigenvalue weighted by Crippen LogP contribution is 2.50. The third kappa shape index (κ3) is 2.41. The Morgan fingerprint density at radius 2 is 1.87 bits per heavy atom. The number of carbonyl (C=O) groups excluding carboxylic acids is 1. The van der Waals surface area contributed by atoms with Crippen LogP contribution in [0, 0.1) is 0 Å². The van der Waals surface area contributed by atoms with Crippen LogP contribution in [0.5, 0.6) is 0 Å². The molecule has 4 rings (SSSR count). The van der Waals surface area contributed by atoms with Gasteiger partial charge in [-0.1, -0.05) is 48.0 Å². The fraction of sp³-hybridized carbons (Fsp3) is 0.211. The Labute approximate surface area is 139 Å². The number of rotatable bonds is 4. The second-order valence-electron chi connectivity index (χ2n) is 6.10. The second kappa shape index (κ2) is 5.43. The molecular formula is C19H17ClN2O. The molecule has 3 nitrogen and oxygen atoms in total. The Kier molecular flexibility index (Phi) is 3.38. The summed E-state index contributed by atoms with van der Waals surface area (Å²) >= 11 is 6.16. The summed E-state index contributed by atoms with van der Waals surface area (Å²) < 4.78 is 0. The number of hydrogen-bond acceptors (Lipinski definition) is 1. The van der Waals surface area contributed by atoms with Crippen molar-refractivity contribution in [1.82, 2.24) is 10.3 Å². The molecule has 23 heavy (non-hydrogen) atoms. The summed E-state index contributed by atoms with van der Waals surface area (Å²) in [7, 11) is 0. The molecule has 1 aliphatic rings. The van der Waals surface area contributed by atoms with Crippen LogP contribution in [0.4, 0.5) is 0 Å². The molecule has 1 fully saturated rings. The Morgan fingerprint density at radius 1 is 1.13 bits per heavy atom. The quantitative estimate of drug-likeness (QED) is 0.743. The first kappa shape index (κ1) is 14.3. The van der Waals surface area contributed by atoms with Gasteiger partial charge in [-0.25, -0.2) is 0 Å². The molecule has 0 saturated heterocycles. The molecular weight excluding hydrogens is 308 g/mol. The van der Waals surface area contributed by atoms with Crippen LogP contribution in [-0.2, 0) is 16.8 Å². The van der Waals surface area contributed by atoms with Crippen LogP contribution in [0.15, 0.2) is 54.7 Å². The number of carbonyl (C=O) groups is 1. The van der Waals surface area contributed by atoms with Gasteiger partial charge in [-0.15, -0.1) is 0 Å². The summed E-state index contributed by atoms with van der Waals surface area (Å²) in [6.45, 7) is 0.461. The van der Waals surface area contributed by atoms with Gasteiger partial charge in [0.05, 0.1) is 5.41 Å². The van der Waals surface area contributed by atoms with Crippen molar-refractivity contribution in [2.75, 3.05) is 0 Å². The molecule has 2 N–H and O–H groups in total. The number of aromatic nitrogens is 1. The van der Waals surface area contributed by atoms with Crippen LogP contribution in [0.25, 0.3) is 10.9 Å². The van der Waals surface area contributed by atoms with Crippen molar-refractivity contribution in [3.05, 3.63) is 70.9 Å². The maximum atomic E-state index is 12.8. The lowest BCUT2D eigenvalue weighted by Gasteiger charge is -2.15. The van der Waals surface area contributed by atoms with Gasteiger partial charge in [0.1, 0.15) is 0 Å². The van der Waals surface area contributed by atoms with Crippen molar-refractivity contribution in [3.63, 3.8) is 0 Å². The minimum atomic E-state index is -0.388. The molecule has 116 valence electrons. The van der Waals surface area contributed by atoms with Gasteiger partial charge in [-0.2, -0.15) is 0 Å². The van der Waals surface area contributed by atoms with Gasteiger partial charge >= 0.3 is 0 Å². The molecule has 0 unspecified atom stereocenters. The molecule has 2 aromatic carbocycles. The maximum absolute atomic E-state index is 12.8. The lowest BCUT2D eigenvalue weighted by molar-refractivity contribution is -0.123. The zero-order valence-corrected chi connectivity index (χ0v) is 13.4. The highest BCUT2D eigenvalue weighted by molar-refractivity contribution is 6.31. The van der Waals surface area contributed by atoms with E-state index in [1.54, 1.807) is 0 Å². The number of fused-ring (bicyclic) bond motifs is 1.